The third kappa shape index (κ3) is 4.61. The molecule has 4 heteroatoms. The van der Waals surface area contributed by atoms with Crippen LogP contribution < -0.4 is 4.74 Å². The minimum atomic E-state index is -1.03. The predicted molar refractivity (Wildman–Crippen MR) is 90.4 cm³/mol. The Morgan fingerprint density at radius 2 is 1.78 bits per heavy atom. The largest absolute Gasteiger partial charge is 0.508 e. The van der Waals surface area contributed by atoms with Crippen LogP contribution in [0.4, 0.5) is 0 Å². The van der Waals surface area contributed by atoms with Crippen LogP contribution in [0.1, 0.15) is 25.0 Å². The Bertz CT molecular complexity index is 700. The minimum Gasteiger partial charge on any atom is -0.508 e. The highest BCUT2D eigenvalue weighted by Gasteiger charge is 2.12. The third-order valence-corrected chi connectivity index (χ3v) is 3.20. The second-order valence-corrected chi connectivity index (χ2v) is 5.65. The highest BCUT2D eigenvalue weighted by molar-refractivity contribution is 6.20. The van der Waals surface area contributed by atoms with Crippen molar-refractivity contribution in [1.82, 2.24) is 0 Å². The molecule has 0 atom stereocenters. The molecule has 0 radical (unpaired) electrons. The molecule has 4 nitrogen and oxygen atoms in total. The maximum atomic E-state index is 11.6. The van der Waals surface area contributed by atoms with Gasteiger partial charge in [-0.25, -0.2) is 4.79 Å². The average Bonchev–Trinajstić information content (AvgIpc) is 2.52. The van der Waals surface area contributed by atoms with Gasteiger partial charge >= 0.3 is 5.97 Å². The number of ether oxygens (including phenoxy) is 1. The van der Waals surface area contributed by atoms with E-state index in [9.17, 15) is 15.0 Å². The molecular formula is C19H20O4. The standard InChI is InChI=1S/C19H20O4/c1-13(2)12-23-18-6-4-3-5-15(18)11-17(19(21)22)14-7-9-16(20)10-8-14/h3-11,13,20H,12H2,1-2H3,(H,21,22)/b17-11-. The zero-order valence-corrected chi connectivity index (χ0v) is 13.2. The number of hydrogen-bond donors (Lipinski definition) is 2. The van der Waals surface area contributed by atoms with Gasteiger partial charge in [0.1, 0.15) is 11.5 Å². The quantitative estimate of drug-likeness (QED) is 0.624. The lowest BCUT2D eigenvalue weighted by Crippen LogP contribution is -2.05. The van der Waals surface area contributed by atoms with Crippen LogP contribution in [-0.2, 0) is 4.79 Å². The molecule has 0 amide bonds. The first kappa shape index (κ1) is 16.6. The summed E-state index contributed by atoms with van der Waals surface area (Å²) in [5.41, 5.74) is 1.37. The van der Waals surface area contributed by atoms with Gasteiger partial charge < -0.3 is 14.9 Å². The molecular weight excluding hydrogens is 292 g/mol. The molecule has 0 saturated heterocycles. The minimum absolute atomic E-state index is 0.0964. The molecule has 2 aromatic carbocycles. The summed E-state index contributed by atoms with van der Waals surface area (Å²) in [4.78, 5) is 11.6. The Morgan fingerprint density at radius 1 is 1.13 bits per heavy atom. The summed E-state index contributed by atoms with van der Waals surface area (Å²) in [6, 6.07) is 13.4. The molecule has 23 heavy (non-hydrogen) atoms. The summed E-state index contributed by atoms with van der Waals surface area (Å²) >= 11 is 0. The van der Waals surface area contributed by atoms with Gasteiger partial charge in [-0.2, -0.15) is 0 Å². The highest BCUT2D eigenvalue weighted by Crippen LogP contribution is 2.26. The van der Waals surface area contributed by atoms with E-state index in [1.165, 1.54) is 12.1 Å². The topological polar surface area (TPSA) is 66.8 Å². The molecule has 2 rings (SSSR count). The first-order valence-electron chi connectivity index (χ1n) is 7.43. The third-order valence-electron chi connectivity index (χ3n) is 3.20. The van der Waals surface area contributed by atoms with Crippen molar-refractivity contribution in [1.29, 1.82) is 0 Å². The normalized spacial score (nSPS) is 11.5. The summed E-state index contributed by atoms with van der Waals surface area (Å²) in [5.74, 6) is 0.0929. The van der Waals surface area contributed by atoms with Crippen LogP contribution in [0.5, 0.6) is 11.5 Å². The predicted octanol–water partition coefficient (Wildman–Crippen LogP) is 4.05. The molecule has 120 valence electrons. The molecule has 0 fully saturated rings. The maximum absolute atomic E-state index is 11.6. The first-order chi connectivity index (χ1) is 11.0. The average molecular weight is 312 g/mol. The molecule has 2 N–H and O–H groups in total. The lowest BCUT2D eigenvalue weighted by atomic mass is 10.0. The Labute approximate surface area is 135 Å². The highest BCUT2D eigenvalue weighted by atomic mass is 16.5. The number of hydrogen-bond acceptors (Lipinski definition) is 3. The van der Waals surface area contributed by atoms with Gasteiger partial charge in [-0.05, 0) is 35.8 Å². The van der Waals surface area contributed by atoms with Crippen molar-refractivity contribution in [2.24, 2.45) is 5.92 Å². The monoisotopic (exact) mass is 312 g/mol. The molecule has 0 aliphatic rings. The van der Waals surface area contributed by atoms with Crippen LogP contribution in [0.3, 0.4) is 0 Å². The van der Waals surface area contributed by atoms with E-state index >= 15 is 0 Å². The SMILES string of the molecule is CC(C)COc1ccccc1/C=C(\C(=O)O)c1ccc(O)cc1. The number of carboxylic acids is 1. The molecule has 0 unspecified atom stereocenters. The van der Waals surface area contributed by atoms with Gasteiger partial charge in [-0.1, -0.05) is 44.2 Å². The number of aromatic hydroxyl groups is 1. The molecule has 0 aliphatic heterocycles. The number of carboxylic acid groups (broad SMARTS) is 1. The van der Waals surface area contributed by atoms with E-state index in [1.54, 1.807) is 18.2 Å². The van der Waals surface area contributed by atoms with Crippen molar-refractivity contribution in [3.05, 3.63) is 59.7 Å². The number of phenolic OH excluding ortho intramolecular Hbond substituents is 1. The fraction of sp³-hybridized carbons (Fsp3) is 0.211. The van der Waals surface area contributed by atoms with E-state index in [-0.39, 0.29) is 11.3 Å². The Morgan fingerprint density at radius 3 is 2.39 bits per heavy atom. The number of phenols is 1. The van der Waals surface area contributed by atoms with E-state index in [0.717, 1.165) is 0 Å². The van der Waals surface area contributed by atoms with Crippen molar-refractivity contribution in [2.75, 3.05) is 6.61 Å². The molecule has 0 aliphatic carbocycles. The number of carbonyl (C=O) groups is 1. The van der Waals surface area contributed by atoms with Crippen molar-refractivity contribution in [3.8, 4) is 11.5 Å². The fourth-order valence-corrected chi connectivity index (χ4v) is 2.05. The summed E-state index contributed by atoms with van der Waals surface area (Å²) in [6.07, 6.45) is 1.59. The summed E-state index contributed by atoms with van der Waals surface area (Å²) < 4.78 is 5.76. The lowest BCUT2D eigenvalue weighted by Gasteiger charge is -2.12. The Hall–Kier alpha value is -2.75. The Kier molecular flexibility index (Phi) is 5.41. The van der Waals surface area contributed by atoms with E-state index < -0.39 is 5.97 Å². The Balaban J connectivity index is 2.40. The van der Waals surface area contributed by atoms with Gasteiger partial charge in [0.15, 0.2) is 0 Å². The van der Waals surface area contributed by atoms with Gasteiger partial charge in [-0.15, -0.1) is 0 Å². The molecule has 0 spiro atoms. The molecule has 0 heterocycles. The molecule has 0 aromatic heterocycles. The van der Waals surface area contributed by atoms with E-state index in [2.05, 4.69) is 13.8 Å². The van der Waals surface area contributed by atoms with Crippen LogP contribution in [0, 0.1) is 5.92 Å². The number of benzene rings is 2. The van der Waals surface area contributed by atoms with Crippen LogP contribution >= 0.6 is 0 Å². The van der Waals surface area contributed by atoms with E-state index in [1.807, 2.05) is 24.3 Å². The second kappa shape index (κ2) is 7.49. The number of rotatable bonds is 6. The van der Waals surface area contributed by atoms with Crippen LogP contribution in [0.25, 0.3) is 11.6 Å². The fourth-order valence-electron chi connectivity index (χ4n) is 2.05. The van der Waals surface area contributed by atoms with Gasteiger partial charge in [0.25, 0.3) is 0 Å². The zero-order valence-electron chi connectivity index (χ0n) is 13.2. The van der Waals surface area contributed by atoms with Gasteiger partial charge in [0.2, 0.25) is 0 Å². The summed E-state index contributed by atoms with van der Waals surface area (Å²) in [5, 5.41) is 18.8. The van der Waals surface area contributed by atoms with Gasteiger partial charge in [0, 0.05) is 5.56 Å². The van der Waals surface area contributed by atoms with Crippen LogP contribution in [0.15, 0.2) is 48.5 Å². The smallest absolute Gasteiger partial charge is 0.336 e. The lowest BCUT2D eigenvalue weighted by molar-refractivity contribution is -0.130. The van der Waals surface area contributed by atoms with E-state index in [4.69, 9.17) is 4.74 Å². The first-order valence-corrected chi connectivity index (χ1v) is 7.43. The number of para-hydroxylation sites is 1. The van der Waals surface area contributed by atoms with Gasteiger partial charge in [0.05, 0.1) is 12.2 Å². The van der Waals surface area contributed by atoms with Crippen LogP contribution in [-0.4, -0.2) is 22.8 Å². The van der Waals surface area contributed by atoms with E-state index in [0.29, 0.717) is 29.4 Å². The molecule has 0 saturated carbocycles. The van der Waals surface area contributed by atoms with Crippen LogP contribution in [0.2, 0.25) is 0 Å². The van der Waals surface area contributed by atoms with Crippen molar-refractivity contribution >= 4 is 17.6 Å². The summed E-state index contributed by atoms with van der Waals surface area (Å²) in [6.45, 7) is 4.67. The van der Waals surface area contributed by atoms with Crippen molar-refractivity contribution in [3.63, 3.8) is 0 Å². The molecule has 2 aromatic rings. The van der Waals surface area contributed by atoms with Crippen molar-refractivity contribution < 1.29 is 19.7 Å². The molecule has 0 bridgehead atoms. The number of aliphatic carboxylic acids is 1. The maximum Gasteiger partial charge on any atom is 0.336 e. The van der Waals surface area contributed by atoms with Crippen molar-refractivity contribution in [2.45, 2.75) is 13.8 Å². The zero-order chi connectivity index (χ0) is 16.8. The second-order valence-electron chi connectivity index (χ2n) is 5.65. The van der Waals surface area contributed by atoms with Gasteiger partial charge in [-0.3, -0.25) is 0 Å². The summed E-state index contributed by atoms with van der Waals surface area (Å²) in [7, 11) is 0.